The third-order valence-electron chi connectivity index (χ3n) is 3.83. The summed E-state index contributed by atoms with van der Waals surface area (Å²) < 4.78 is 0. The van der Waals surface area contributed by atoms with Crippen molar-refractivity contribution in [3.63, 3.8) is 0 Å². The van der Waals surface area contributed by atoms with E-state index in [0.717, 1.165) is 6.07 Å². The SMILES string of the molecule is CC1CN(c2ncc(C(=O)O)cc2[N+](=O)[O-])CC1N(C)C. The summed E-state index contributed by atoms with van der Waals surface area (Å²) in [6, 6.07) is 1.35. The average molecular weight is 294 g/mol. The summed E-state index contributed by atoms with van der Waals surface area (Å²) in [7, 11) is 3.94. The van der Waals surface area contributed by atoms with Crippen molar-refractivity contribution >= 4 is 17.5 Å². The molecule has 1 saturated heterocycles. The van der Waals surface area contributed by atoms with Crippen molar-refractivity contribution in [1.29, 1.82) is 0 Å². The Hall–Kier alpha value is -2.22. The Morgan fingerprint density at radius 3 is 2.67 bits per heavy atom. The van der Waals surface area contributed by atoms with E-state index < -0.39 is 10.9 Å². The molecule has 8 nitrogen and oxygen atoms in total. The van der Waals surface area contributed by atoms with Crippen molar-refractivity contribution in [2.75, 3.05) is 32.1 Å². The van der Waals surface area contributed by atoms with Crippen LogP contribution in [0.25, 0.3) is 0 Å². The molecule has 0 saturated carbocycles. The Morgan fingerprint density at radius 1 is 1.52 bits per heavy atom. The molecule has 1 aromatic rings. The van der Waals surface area contributed by atoms with E-state index in [0.29, 0.717) is 19.0 Å². The van der Waals surface area contributed by atoms with Gasteiger partial charge in [0, 0.05) is 31.4 Å². The van der Waals surface area contributed by atoms with Gasteiger partial charge in [0.1, 0.15) is 0 Å². The molecule has 1 aliphatic heterocycles. The van der Waals surface area contributed by atoms with Crippen molar-refractivity contribution in [1.82, 2.24) is 9.88 Å². The van der Waals surface area contributed by atoms with E-state index >= 15 is 0 Å². The highest BCUT2D eigenvalue weighted by Gasteiger charge is 2.35. The number of carbonyl (C=O) groups is 1. The lowest BCUT2D eigenvalue weighted by molar-refractivity contribution is -0.384. The smallest absolute Gasteiger partial charge is 0.337 e. The highest BCUT2D eigenvalue weighted by Crippen LogP contribution is 2.31. The molecule has 2 rings (SSSR count). The number of hydrogen-bond acceptors (Lipinski definition) is 6. The molecular formula is C13H18N4O4. The van der Waals surface area contributed by atoms with E-state index in [4.69, 9.17) is 5.11 Å². The van der Waals surface area contributed by atoms with Crippen LogP contribution in [0.5, 0.6) is 0 Å². The zero-order valence-corrected chi connectivity index (χ0v) is 12.2. The predicted molar refractivity (Wildman–Crippen MR) is 76.7 cm³/mol. The number of hydrogen-bond donors (Lipinski definition) is 1. The van der Waals surface area contributed by atoms with E-state index in [1.807, 2.05) is 19.0 Å². The Kier molecular flexibility index (Phi) is 4.08. The summed E-state index contributed by atoms with van der Waals surface area (Å²) in [6.45, 7) is 3.37. The van der Waals surface area contributed by atoms with Crippen molar-refractivity contribution in [3.8, 4) is 0 Å². The maximum atomic E-state index is 11.2. The van der Waals surface area contributed by atoms with Gasteiger partial charge in [-0.15, -0.1) is 0 Å². The average Bonchev–Trinajstić information content (AvgIpc) is 2.80. The van der Waals surface area contributed by atoms with Crippen molar-refractivity contribution < 1.29 is 14.8 Å². The summed E-state index contributed by atoms with van der Waals surface area (Å²) in [6.07, 6.45) is 1.16. The molecule has 1 fully saturated rings. The van der Waals surface area contributed by atoms with Crippen LogP contribution in [0.2, 0.25) is 0 Å². The van der Waals surface area contributed by atoms with Gasteiger partial charge in [-0.05, 0) is 20.0 Å². The molecule has 2 atom stereocenters. The van der Waals surface area contributed by atoms with E-state index in [-0.39, 0.29) is 23.1 Å². The summed E-state index contributed by atoms with van der Waals surface area (Å²) in [5.41, 5.74) is -0.441. The van der Waals surface area contributed by atoms with Gasteiger partial charge in [-0.1, -0.05) is 6.92 Å². The first-order chi connectivity index (χ1) is 9.81. The molecule has 0 aromatic carbocycles. The summed E-state index contributed by atoms with van der Waals surface area (Å²) in [5.74, 6) is -0.639. The van der Waals surface area contributed by atoms with Gasteiger partial charge >= 0.3 is 11.7 Å². The fourth-order valence-electron chi connectivity index (χ4n) is 2.74. The van der Waals surface area contributed by atoms with Gasteiger partial charge in [0.2, 0.25) is 5.82 Å². The normalized spacial score (nSPS) is 21.8. The van der Waals surface area contributed by atoms with Gasteiger partial charge in [-0.3, -0.25) is 10.1 Å². The molecule has 1 aliphatic rings. The zero-order chi connectivity index (χ0) is 15.7. The fourth-order valence-corrected chi connectivity index (χ4v) is 2.74. The van der Waals surface area contributed by atoms with E-state index in [9.17, 15) is 14.9 Å². The first-order valence-corrected chi connectivity index (χ1v) is 6.60. The van der Waals surface area contributed by atoms with Gasteiger partial charge in [0.05, 0.1) is 10.5 Å². The lowest BCUT2D eigenvalue weighted by atomic mass is 10.1. The number of carboxylic acids is 1. The van der Waals surface area contributed by atoms with Crippen molar-refractivity contribution in [2.45, 2.75) is 13.0 Å². The largest absolute Gasteiger partial charge is 0.478 e. The van der Waals surface area contributed by atoms with Crippen molar-refractivity contribution in [2.24, 2.45) is 5.92 Å². The van der Waals surface area contributed by atoms with Crippen LogP contribution >= 0.6 is 0 Å². The monoisotopic (exact) mass is 294 g/mol. The summed E-state index contributed by atoms with van der Waals surface area (Å²) in [5, 5.41) is 20.1. The number of aromatic carboxylic acids is 1. The number of nitrogens with zero attached hydrogens (tertiary/aromatic N) is 4. The lowest BCUT2D eigenvalue weighted by Crippen LogP contribution is -2.34. The second kappa shape index (κ2) is 5.65. The third-order valence-corrected chi connectivity index (χ3v) is 3.83. The lowest BCUT2D eigenvalue weighted by Gasteiger charge is -2.22. The van der Waals surface area contributed by atoms with Gasteiger partial charge in [-0.2, -0.15) is 0 Å². The Morgan fingerprint density at radius 2 is 2.19 bits per heavy atom. The molecule has 114 valence electrons. The molecule has 1 N–H and O–H groups in total. The Labute approximate surface area is 122 Å². The molecule has 0 bridgehead atoms. The van der Waals surface area contributed by atoms with Crippen LogP contribution in [0, 0.1) is 16.0 Å². The van der Waals surface area contributed by atoms with Gasteiger partial charge in [0.15, 0.2) is 0 Å². The molecule has 21 heavy (non-hydrogen) atoms. The molecule has 1 aromatic heterocycles. The number of pyridine rings is 1. The first kappa shape index (κ1) is 15.2. The number of aromatic nitrogens is 1. The standard InChI is InChI=1S/C13H18N4O4/c1-8-6-16(7-11(8)15(2)3)12-10(17(20)21)4-9(5-14-12)13(18)19/h4-5,8,11H,6-7H2,1-3H3,(H,18,19). The summed E-state index contributed by atoms with van der Waals surface area (Å²) in [4.78, 5) is 29.5. The first-order valence-electron chi connectivity index (χ1n) is 6.60. The minimum atomic E-state index is -1.22. The second-order valence-corrected chi connectivity index (χ2v) is 5.54. The van der Waals surface area contributed by atoms with Gasteiger partial charge in [0.25, 0.3) is 0 Å². The molecule has 0 aliphatic carbocycles. The topological polar surface area (TPSA) is 99.8 Å². The van der Waals surface area contributed by atoms with Gasteiger partial charge < -0.3 is 14.9 Å². The van der Waals surface area contributed by atoms with Crippen LogP contribution < -0.4 is 4.90 Å². The van der Waals surface area contributed by atoms with Crippen LogP contribution in [-0.2, 0) is 0 Å². The second-order valence-electron chi connectivity index (χ2n) is 5.54. The number of carboxylic acid groups (broad SMARTS) is 1. The minimum Gasteiger partial charge on any atom is -0.478 e. The van der Waals surface area contributed by atoms with Crippen molar-refractivity contribution in [3.05, 3.63) is 27.9 Å². The molecule has 8 heteroatoms. The fraction of sp³-hybridized carbons (Fsp3) is 0.538. The number of nitro groups is 1. The van der Waals surface area contributed by atoms with E-state index in [2.05, 4.69) is 16.8 Å². The molecule has 2 heterocycles. The maximum absolute atomic E-state index is 11.2. The predicted octanol–water partition coefficient (Wildman–Crippen LogP) is 1.07. The molecule has 0 spiro atoms. The van der Waals surface area contributed by atoms with Crippen LogP contribution in [0.3, 0.4) is 0 Å². The number of anilines is 1. The number of likely N-dealkylation sites (N-methyl/N-ethyl adjacent to an activating group) is 1. The van der Waals surface area contributed by atoms with Crippen LogP contribution in [0.15, 0.2) is 12.3 Å². The molecular weight excluding hydrogens is 276 g/mol. The van der Waals surface area contributed by atoms with E-state index in [1.165, 1.54) is 6.20 Å². The number of rotatable bonds is 4. The highest BCUT2D eigenvalue weighted by atomic mass is 16.6. The zero-order valence-electron chi connectivity index (χ0n) is 12.2. The third kappa shape index (κ3) is 2.94. The maximum Gasteiger partial charge on any atom is 0.337 e. The highest BCUT2D eigenvalue weighted by molar-refractivity contribution is 5.88. The van der Waals surface area contributed by atoms with Crippen LogP contribution in [0.4, 0.5) is 11.5 Å². The molecule has 0 radical (unpaired) electrons. The molecule has 0 amide bonds. The Balaban J connectivity index is 2.36. The van der Waals surface area contributed by atoms with Crippen LogP contribution in [-0.4, -0.2) is 59.1 Å². The quantitative estimate of drug-likeness (QED) is 0.655. The van der Waals surface area contributed by atoms with E-state index in [1.54, 1.807) is 0 Å². The summed E-state index contributed by atoms with van der Waals surface area (Å²) >= 11 is 0. The Bertz CT molecular complexity index is 575. The van der Waals surface area contributed by atoms with Crippen LogP contribution in [0.1, 0.15) is 17.3 Å². The minimum absolute atomic E-state index is 0.179. The molecule has 2 unspecified atom stereocenters. The van der Waals surface area contributed by atoms with Gasteiger partial charge in [-0.25, -0.2) is 9.78 Å².